The van der Waals surface area contributed by atoms with Crippen LogP contribution in [0.3, 0.4) is 0 Å². The first-order chi connectivity index (χ1) is 9.29. The van der Waals surface area contributed by atoms with Crippen LogP contribution in [-0.4, -0.2) is 24.8 Å². The minimum atomic E-state index is 0.0984. The predicted molar refractivity (Wildman–Crippen MR) is 88.1 cm³/mol. The molecule has 1 N–H and O–H groups in total. The molecule has 0 heterocycles. The first kappa shape index (κ1) is 18.0. The molecule has 0 aromatic heterocycles. The quantitative estimate of drug-likeness (QED) is 0.679. The van der Waals surface area contributed by atoms with Gasteiger partial charge >= 0.3 is 0 Å². The van der Waals surface area contributed by atoms with Gasteiger partial charge in [0.25, 0.3) is 0 Å². The third kappa shape index (κ3) is 5.73. The van der Waals surface area contributed by atoms with E-state index in [1.165, 1.54) is 38.5 Å². The summed E-state index contributed by atoms with van der Waals surface area (Å²) in [7, 11) is 0. The van der Waals surface area contributed by atoms with Crippen molar-refractivity contribution in [1.82, 2.24) is 5.32 Å². The van der Waals surface area contributed by atoms with Crippen molar-refractivity contribution in [1.29, 1.82) is 0 Å². The van der Waals surface area contributed by atoms with Crippen molar-refractivity contribution in [2.24, 2.45) is 11.3 Å². The molecule has 1 saturated carbocycles. The molecule has 0 aromatic rings. The van der Waals surface area contributed by atoms with Crippen LogP contribution in [0.5, 0.6) is 0 Å². The van der Waals surface area contributed by atoms with Gasteiger partial charge in [-0.15, -0.1) is 0 Å². The molecular formula is C18H37NO. The van der Waals surface area contributed by atoms with Crippen LogP contribution in [0.2, 0.25) is 0 Å². The monoisotopic (exact) mass is 283 g/mol. The second kappa shape index (κ2) is 7.79. The van der Waals surface area contributed by atoms with E-state index >= 15 is 0 Å². The van der Waals surface area contributed by atoms with E-state index in [1.807, 2.05) is 0 Å². The van der Waals surface area contributed by atoms with Gasteiger partial charge in [-0.3, -0.25) is 0 Å². The zero-order valence-electron chi connectivity index (χ0n) is 14.7. The molecule has 0 saturated heterocycles. The van der Waals surface area contributed by atoms with E-state index in [1.54, 1.807) is 0 Å². The summed E-state index contributed by atoms with van der Waals surface area (Å²) >= 11 is 0. The van der Waals surface area contributed by atoms with Crippen LogP contribution in [0.15, 0.2) is 0 Å². The number of rotatable bonds is 7. The lowest BCUT2D eigenvalue weighted by Crippen LogP contribution is -2.48. The van der Waals surface area contributed by atoms with Crippen LogP contribution < -0.4 is 5.32 Å². The van der Waals surface area contributed by atoms with Crippen LogP contribution in [-0.2, 0) is 4.74 Å². The topological polar surface area (TPSA) is 21.3 Å². The second-order valence-corrected chi connectivity index (χ2v) is 8.06. The number of ether oxygens (including phenoxy) is 1. The van der Waals surface area contributed by atoms with Crippen LogP contribution >= 0.6 is 0 Å². The minimum absolute atomic E-state index is 0.0984. The number of unbranched alkanes of at least 4 members (excludes halogenated alkanes) is 1. The largest absolute Gasteiger partial charge is 0.374 e. The lowest BCUT2D eigenvalue weighted by atomic mass is 9.68. The van der Waals surface area contributed by atoms with Crippen molar-refractivity contribution in [3.8, 4) is 0 Å². The lowest BCUT2D eigenvalue weighted by Gasteiger charge is -2.44. The van der Waals surface area contributed by atoms with E-state index < -0.39 is 0 Å². The molecule has 20 heavy (non-hydrogen) atoms. The average molecular weight is 284 g/mol. The Bertz CT molecular complexity index is 259. The van der Waals surface area contributed by atoms with Gasteiger partial charge in [-0.25, -0.2) is 0 Å². The van der Waals surface area contributed by atoms with Crippen LogP contribution in [0, 0.1) is 11.3 Å². The fourth-order valence-corrected chi connectivity index (χ4v) is 3.21. The lowest BCUT2D eigenvalue weighted by molar-refractivity contribution is -0.0860. The summed E-state index contributed by atoms with van der Waals surface area (Å²) < 4.78 is 6.36. The molecule has 1 aliphatic rings. The average Bonchev–Trinajstić information content (AvgIpc) is 2.36. The summed E-state index contributed by atoms with van der Waals surface area (Å²) in [6.07, 6.45) is 7.48. The van der Waals surface area contributed by atoms with Crippen molar-refractivity contribution in [2.45, 2.75) is 91.7 Å². The summed E-state index contributed by atoms with van der Waals surface area (Å²) in [5.41, 5.74) is 0.544. The highest BCUT2D eigenvalue weighted by Crippen LogP contribution is 2.42. The SMILES string of the molecule is CCCCOC1(CNC(C)C)CCC(C(C)(C)C)CC1. The third-order valence-electron chi connectivity index (χ3n) is 4.86. The van der Waals surface area contributed by atoms with Gasteiger partial charge in [-0.2, -0.15) is 0 Å². The zero-order chi connectivity index (χ0) is 15.2. The Morgan fingerprint density at radius 1 is 1.20 bits per heavy atom. The Morgan fingerprint density at radius 2 is 1.80 bits per heavy atom. The Hall–Kier alpha value is -0.0800. The maximum atomic E-state index is 6.36. The normalized spacial score (nSPS) is 28.1. The molecule has 0 bridgehead atoms. The van der Waals surface area contributed by atoms with Gasteiger partial charge in [0, 0.05) is 19.2 Å². The van der Waals surface area contributed by atoms with Gasteiger partial charge in [-0.1, -0.05) is 48.0 Å². The van der Waals surface area contributed by atoms with E-state index in [0.717, 1.165) is 19.1 Å². The maximum absolute atomic E-state index is 6.36. The van der Waals surface area contributed by atoms with Crippen LogP contribution in [0.25, 0.3) is 0 Å². The van der Waals surface area contributed by atoms with Gasteiger partial charge in [0.15, 0.2) is 0 Å². The Balaban J connectivity index is 2.57. The number of hydrogen-bond donors (Lipinski definition) is 1. The van der Waals surface area contributed by atoms with Gasteiger partial charge < -0.3 is 10.1 Å². The highest BCUT2D eigenvalue weighted by molar-refractivity contribution is 4.92. The molecule has 0 unspecified atom stereocenters. The Labute approximate surface area is 127 Å². The molecule has 120 valence electrons. The number of hydrogen-bond acceptors (Lipinski definition) is 2. The Morgan fingerprint density at radius 3 is 2.25 bits per heavy atom. The van der Waals surface area contributed by atoms with Crippen molar-refractivity contribution in [2.75, 3.05) is 13.2 Å². The summed E-state index contributed by atoms with van der Waals surface area (Å²) in [5, 5.41) is 3.61. The third-order valence-corrected chi connectivity index (χ3v) is 4.86. The number of nitrogens with one attached hydrogen (secondary N) is 1. The summed E-state index contributed by atoms with van der Waals surface area (Å²) in [5.74, 6) is 0.851. The van der Waals surface area contributed by atoms with E-state index in [2.05, 4.69) is 46.9 Å². The van der Waals surface area contributed by atoms with E-state index in [4.69, 9.17) is 4.74 Å². The fourth-order valence-electron chi connectivity index (χ4n) is 3.21. The van der Waals surface area contributed by atoms with Crippen molar-refractivity contribution < 1.29 is 4.74 Å². The molecule has 0 atom stereocenters. The summed E-state index contributed by atoms with van der Waals surface area (Å²) in [6.45, 7) is 15.8. The fraction of sp³-hybridized carbons (Fsp3) is 1.00. The highest BCUT2D eigenvalue weighted by atomic mass is 16.5. The molecule has 1 fully saturated rings. The first-order valence-electron chi connectivity index (χ1n) is 8.66. The molecular weight excluding hydrogens is 246 g/mol. The van der Waals surface area contributed by atoms with E-state index in [-0.39, 0.29) is 5.60 Å². The summed E-state index contributed by atoms with van der Waals surface area (Å²) in [6, 6.07) is 0.544. The van der Waals surface area contributed by atoms with Gasteiger partial charge in [0.1, 0.15) is 0 Å². The molecule has 0 aromatic carbocycles. The van der Waals surface area contributed by atoms with Crippen molar-refractivity contribution in [3.63, 3.8) is 0 Å². The van der Waals surface area contributed by atoms with E-state index in [0.29, 0.717) is 11.5 Å². The second-order valence-electron chi connectivity index (χ2n) is 8.06. The van der Waals surface area contributed by atoms with Gasteiger partial charge in [0.2, 0.25) is 0 Å². The predicted octanol–water partition coefficient (Wildman–Crippen LogP) is 4.78. The van der Waals surface area contributed by atoms with Crippen LogP contribution in [0.1, 0.15) is 80.1 Å². The highest BCUT2D eigenvalue weighted by Gasteiger charge is 2.39. The van der Waals surface area contributed by atoms with Crippen molar-refractivity contribution in [3.05, 3.63) is 0 Å². The van der Waals surface area contributed by atoms with Crippen LogP contribution in [0.4, 0.5) is 0 Å². The smallest absolute Gasteiger partial charge is 0.0806 e. The molecule has 2 heteroatoms. The van der Waals surface area contributed by atoms with Gasteiger partial charge in [0.05, 0.1) is 5.60 Å². The molecule has 0 aliphatic heterocycles. The minimum Gasteiger partial charge on any atom is -0.374 e. The molecule has 1 aliphatic carbocycles. The molecule has 0 radical (unpaired) electrons. The maximum Gasteiger partial charge on any atom is 0.0806 e. The molecule has 2 nitrogen and oxygen atoms in total. The summed E-state index contributed by atoms with van der Waals surface area (Å²) in [4.78, 5) is 0. The molecule has 0 amide bonds. The standard InChI is InChI=1S/C18H37NO/c1-7-8-13-20-18(14-19-15(2)3)11-9-16(10-12-18)17(4,5)6/h15-16,19H,7-14H2,1-6H3. The first-order valence-corrected chi connectivity index (χ1v) is 8.66. The molecule has 1 rings (SSSR count). The van der Waals surface area contributed by atoms with Gasteiger partial charge in [-0.05, 0) is 43.4 Å². The van der Waals surface area contributed by atoms with E-state index in [9.17, 15) is 0 Å². The molecule has 0 spiro atoms. The Kier molecular flexibility index (Phi) is 7.00. The van der Waals surface area contributed by atoms with Crippen molar-refractivity contribution >= 4 is 0 Å². The zero-order valence-corrected chi connectivity index (χ0v) is 14.7.